The van der Waals surface area contributed by atoms with Gasteiger partial charge in [0.25, 0.3) is 11.5 Å². The number of pyridine rings is 1. The van der Waals surface area contributed by atoms with Gasteiger partial charge in [0.2, 0.25) is 10.0 Å². The number of benzene rings is 1. The molecule has 11 heteroatoms. The van der Waals surface area contributed by atoms with Crippen LogP contribution in [0.5, 0.6) is 0 Å². The lowest BCUT2D eigenvalue weighted by Gasteiger charge is -2.19. The number of sulfonamides is 1. The molecule has 4 aromatic rings. The normalized spacial score (nSPS) is 11.9. The fourth-order valence-corrected chi connectivity index (χ4v) is 6.06. The lowest BCUT2D eigenvalue weighted by Crippen LogP contribution is -2.30. The van der Waals surface area contributed by atoms with Gasteiger partial charge in [-0.05, 0) is 43.3 Å². The van der Waals surface area contributed by atoms with Gasteiger partial charge in [0, 0.05) is 24.8 Å². The van der Waals surface area contributed by atoms with Crippen molar-refractivity contribution in [1.82, 2.24) is 13.7 Å². The minimum Gasteiger partial charge on any atom is -0.321 e. The van der Waals surface area contributed by atoms with E-state index in [9.17, 15) is 22.8 Å². The van der Waals surface area contributed by atoms with Crippen molar-refractivity contribution in [3.8, 4) is 0 Å². The number of amides is 1. The quantitative estimate of drug-likeness (QED) is 0.390. The lowest BCUT2D eigenvalue weighted by atomic mass is 10.1. The summed E-state index contributed by atoms with van der Waals surface area (Å²) in [6.45, 7) is 5.37. The molecule has 1 aromatic carbocycles. The predicted octanol–water partition coefficient (Wildman–Crippen LogP) is 3.39. The highest BCUT2D eigenvalue weighted by molar-refractivity contribution is 7.89. The Kier molecular flexibility index (Phi) is 6.34. The fraction of sp³-hybridized carbons (Fsp3) is 0.217. The number of ketones is 1. The molecule has 34 heavy (non-hydrogen) atoms. The summed E-state index contributed by atoms with van der Waals surface area (Å²) in [5.41, 5.74) is 0.421. The molecular weight excluding hydrogens is 476 g/mol. The second-order valence-corrected chi connectivity index (χ2v) is 10.5. The molecule has 0 unspecified atom stereocenters. The van der Waals surface area contributed by atoms with Crippen LogP contribution in [-0.4, -0.2) is 46.9 Å². The molecule has 0 fully saturated rings. The summed E-state index contributed by atoms with van der Waals surface area (Å²) in [7, 11) is -3.80. The molecule has 1 amide bonds. The third kappa shape index (κ3) is 4.13. The van der Waals surface area contributed by atoms with Crippen molar-refractivity contribution in [2.75, 3.05) is 18.4 Å². The summed E-state index contributed by atoms with van der Waals surface area (Å²) in [4.78, 5) is 43.0. The van der Waals surface area contributed by atoms with E-state index in [1.807, 2.05) is 0 Å². The van der Waals surface area contributed by atoms with Crippen LogP contribution in [0, 0.1) is 0 Å². The third-order valence-electron chi connectivity index (χ3n) is 5.40. The smallest absolute Gasteiger partial charge is 0.266 e. The Hall–Kier alpha value is -3.41. The number of carbonyl (C=O) groups excluding carboxylic acids is 2. The Morgan fingerprint density at radius 1 is 1.12 bits per heavy atom. The average molecular weight is 499 g/mol. The SMILES string of the molecule is CCN(CC)S(=O)(=O)c1ccc(C(C)=O)c(NC(=O)c2cc3c(=O)n4ccccc4nc3s2)c1. The molecule has 9 nitrogen and oxygen atoms in total. The van der Waals surface area contributed by atoms with Gasteiger partial charge >= 0.3 is 0 Å². The van der Waals surface area contributed by atoms with Crippen LogP contribution in [0.3, 0.4) is 0 Å². The van der Waals surface area contributed by atoms with E-state index in [-0.39, 0.29) is 45.5 Å². The summed E-state index contributed by atoms with van der Waals surface area (Å²) in [5, 5.41) is 2.94. The van der Waals surface area contributed by atoms with Crippen LogP contribution in [0.15, 0.2) is 58.4 Å². The first-order valence-corrected chi connectivity index (χ1v) is 12.8. The first-order valence-electron chi connectivity index (χ1n) is 10.5. The third-order valence-corrected chi connectivity index (χ3v) is 8.48. The van der Waals surface area contributed by atoms with Gasteiger partial charge in [-0.25, -0.2) is 13.4 Å². The zero-order valence-corrected chi connectivity index (χ0v) is 20.4. The van der Waals surface area contributed by atoms with Gasteiger partial charge in [-0.15, -0.1) is 11.3 Å². The molecule has 176 valence electrons. The number of hydrogen-bond acceptors (Lipinski definition) is 7. The highest BCUT2D eigenvalue weighted by atomic mass is 32.2. The number of anilines is 1. The molecule has 1 N–H and O–H groups in total. The fourth-order valence-electron chi connectivity index (χ4n) is 3.65. The molecule has 0 saturated carbocycles. The van der Waals surface area contributed by atoms with Gasteiger partial charge in [0.1, 0.15) is 10.5 Å². The Labute approximate surface area is 199 Å². The van der Waals surface area contributed by atoms with Crippen molar-refractivity contribution in [3.63, 3.8) is 0 Å². The number of fused-ring (bicyclic) bond motifs is 2. The van der Waals surface area contributed by atoms with Crippen molar-refractivity contribution in [3.05, 3.63) is 69.5 Å². The predicted molar refractivity (Wildman–Crippen MR) is 131 cm³/mol. The topological polar surface area (TPSA) is 118 Å². The average Bonchev–Trinajstić information content (AvgIpc) is 3.24. The maximum Gasteiger partial charge on any atom is 0.266 e. The second kappa shape index (κ2) is 9.09. The molecule has 0 atom stereocenters. The van der Waals surface area contributed by atoms with Crippen LogP contribution in [0.2, 0.25) is 0 Å². The van der Waals surface area contributed by atoms with E-state index in [1.165, 1.54) is 39.9 Å². The van der Waals surface area contributed by atoms with Crippen LogP contribution < -0.4 is 10.9 Å². The van der Waals surface area contributed by atoms with Crippen molar-refractivity contribution in [1.29, 1.82) is 0 Å². The number of nitrogens with one attached hydrogen (secondary N) is 1. The molecule has 0 bridgehead atoms. The number of aromatic nitrogens is 2. The molecule has 0 aliphatic rings. The Morgan fingerprint density at radius 2 is 1.85 bits per heavy atom. The number of rotatable bonds is 7. The molecular formula is C23H22N4O5S2. The summed E-state index contributed by atoms with van der Waals surface area (Å²) >= 11 is 1.04. The van der Waals surface area contributed by atoms with Gasteiger partial charge in [0.05, 0.1) is 20.8 Å². The number of carbonyl (C=O) groups is 2. The first kappa shape index (κ1) is 23.7. The van der Waals surface area contributed by atoms with Crippen LogP contribution in [0.25, 0.3) is 15.9 Å². The van der Waals surface area contributed by atoms with E-state index in [4.69, 9.17) is 0 Å². The lowest BCUT2D eigenvalue weighted by molar-refractivity contribution is 0.101. The Morgan fingerprint density at radius 3 is 2.53 bits per heavy atom. The zero-order chi connectivity index (χ0) is 24.6. The number of Topliss-reactive ketones (excluding diaryl/α,β-unsaturated/α-hetero) is 1. The number of hydrogen-bond donors (Lipinski definition) is 1. The van der Waals surface area contributed by atoms with E-state index < -0.39 is 15.9 Å². The molecule has 3 heterocycles. The van der Waals surface area contributed by atoms with Crippen molar-refractivity contribution in [2.24, 2.45) is 0 Å². The maximum atomic E-state index is 13.1. The zero-order valence-electron chi connectivity index (χ0n) is 18.7. The van der Waals surface area contributed by atoms with Crippen LogP contribution in [-0.2, 0) is 10.0 Å². The largest absolute Gasteiger partial charge is 0.321 e. The van der Waals surface area contributed by atoms with E-state index in [0.717, 1.165) is 11.3 Å². The van der Waals surface area contributed by atoms with Crippen molar-refractivity contribution in [2.45, 2.75) is 25.7 Å². The highest BCUT2D eigenvalue weighted by Crippen LogP contribution is 2.27. The molecule has 0 saturated heterocycles. The van der Waals surface area contributed by atoms with Crippen LogP contribution >= 0.6 is 11.3 Å². The van der Waals surface area contributed by atoms with Gasteiger partial charge in [-0.2, -0.15) is 4.31 Å². The molecule has 0 spiro atoms. The Balaban J connectivity index is 1.75. The van der Waals surface area contributed by atoms with E-state index in [0.29, 0.717) is 15.9 Å². The van der Waals surface area contributed by atoms with E-state index in [2.05, 4.69) is 10.3 Å². The standard InChI is InChI=1S/C23H22N4O5S2/c1-4-26(5-2)34(31,32)15-9-10-16(14(3)28)18(12-15)24-21(29)19-13-17-22(33-19)25-20-8-6-7-11-27(20)23(17)30/h6-13H,4-5H2,1-3H3,(H,24,29). The monoisotopic (exact) mass is 498 g/mol. The minimum atomic E-state index is -3.80. The maximum absolute atomic E-state index is 13.1. The van der Waals surface area contributed by atoms with Gasteiger partial charge in [0.15, 0.2) is 5.78 Å². The van der Waals surface area contributed by atoms with Gasteiger partial charge < -0.3 is 5.32 Å². The van der Waals surface area contributed by atoms with Crippen molar-refractivity contribution >= 4 is 54.6 Å². The summed E-state index contributed by atoms with van der Waals surface area (Å²) < 4.78 is 28.6. The second-order valence-electron chi connectivity index (χ2n) is 7.48. The highest BCUT2D eigenvalue weighted by Gasteiger charge is 2.24. The van der Waals surface area contributed by atoms with E-state index >= 15 is 0 Å². The number of nitrogens with zero attached hydrogens (tertiary/aromatic N) is 3. The van der Waals surface area contributed by atoms with Crippen LogP contribution in [0.1, 0.15) is 40.8 Å². The summed E-state index contributed by atoms with van der Waals surface area (Å²) in [6.07, 6.45) is 1.60. The molecule has 0 aliphatic carbocycles. The first-order chi connectivity index (χ1) is 16.2. The van der Waals surface area contributed by atoms with Gasteiger partial charge in [-0.3, -0.25) is 18.8 Å². The summed E-state index contributed by atoms with van der Waals surface area (Å²) in [5.74, 6) is -0.902. The van der Waals surface area contributed by atoms with Crippen LogP contribution in [0.4, 0.5) is 5.69 Å². The van der Waals surface area contributed by atoms with Crippen molar-refractivity contribution < 1.29 is 18.0 Å². The molecule has 3 aromatic heterocycles. The molecule has 0 aliphatic heterocycles. The van der Waals surface area contributed by atoms with E-state index in [1.54, 1.807) is 38.2 Å². The Bertz CT molecular complexity index is 1600. The van der Waals surface area contributed by atoms with Gasteiger partial charge in [-0.1, -0.05) is 19.9 Å². The molecule has 4 rings (SSSR count). The summed E-state index contributed by atoms with van der Waals surface area (Å²) in [6, 6.07) is 10.7. The minimum absolute atomic E-state index is 0.0287. The number of thiophene rings is 1. The molecule has 0 radical (unpaired) electrons.